The molecule has 0 aliphatic carbocycles. The third-order valence-electron chi connectivity index (χ3n) is 3.40. The van der Waals surface area contributed by atoms with Gasteiger partial charge in [-0.05, 0) is 24.2 Å². The summed E-state index contributed by atoms with van der Waals surface area (Å²) in [6.45, 7) is 9.56. The molecule has 0 aliphatic rings. The zero-order valence-corrected chi connectivity index (χ0v) is 12.7. The fraction of sp³-hybridized carbons (Fsp3) is 0.462. The molecule has 0 spiro atoms. The zero-order chi connectivity index (χ0) is 15.0. The Kier molecular flexibility index (Phi) is 4.05. The lowest BCUT2D eigenvalue weighted by Gasteiger charge is -2.36. The minimum Gasteiger partial charge on any atom is -0.541 e. The molecule has 3 nitrogen and oxygen atoms in total. The van der Waals surface area contributed by atoms with Crippen molar-refractivity contribution in [2.24, 2.45) is 0 Å². The van der Waals surface area contributed by atoms with Crippen LogP contribution in [0.4, 0.5) is 8.78 Å². The lowest BCUT2D eigenvalue weighted by Crippen LogP contribution is -2.44. The van der Waals surface area contributed by atoms with Crippen LogP contribution in [0, 0.1) is 11.6 Å². The summed E-state index contributed by atoms with van der Waals surface area (Å²) in [7, 11) is -2.40. The fourth-order valence-corrected chi connectivity index (χ4v) is 2.26. The molecule has 19 heavy (non-hydrogen) atoms. The molecule has 0 aromatic heterocycles. The zero-order valence-electron chi connectivity index (χ0n) is 11.7. The molecule has 0 bridgehead atoms. The van der Waals surface area contributed by atoms with Gasteiger partial charge in [-0.2, -0.15) is 0 Å². The highest BCUT2D eigenvalue weighted by Crippen LogP contribution is 2.39. The summed E-state index contributed by atoms with van der Waals surface area (Å²) < 4.78 is 32.5. The average Bonchev–Trinajstić information content (AvgIpc) is 2.19. The molecule has 1 aromatic carbocycles. The molecule has 6 heteroatoms. The van der Waals surface area contributed by atoms with Crippen molar-refractivity contribution in [1.82, 2.24) is 0 Å². The second-order valence-corrected chi connectivity index (χ2v) is 10.7. The van der Waals surface area contributed by atoms with Crippen molar-refractivity contribution in [3.63, 3.8) is 0 Å². The summed E-state index contributed by atoms with van der Waals surface area (Å²) in [4.78, 5) is 11.1. The molecule has 0 saturated heterocycles. The summed E-state index contributed by atoms with van der Waals surface area (Å²) in [5.74, 6) is -3.70. The molecule has 0 radical (unpaired) electrons. The van der Waals surface area contributed by atoms with Crippen LogP contribution in [0.15, 0.2) is 12.1 Å². The van der Waals surface area contributed by atoms with E-state index in [9.17, 15) is 13.6 Å². The first kappa shape index (κ1) is 15.6. The van der Waals surface area contributed by atoms with Crippen LogP contribution in [0.3, 0.4) is 0 Å². The van der Waals surface area contributed by atoms with Gasteiger partial charge in [0.15, 0.2) is 11.6 Å². The van der Waals surface area contributed by atoms with Crippen molar-refractivity contribution < 1.29 is 23.1 Å². The van der Waals surface area contributed by atoms with Crippen LogP contribution in [0.5, 0.6) is 5.75 Å². The number of benzene rings is 1. The highest BCUT2D eigenvalue weighted by atomic mass is 28.4. The van der Waals surface area contributed by atoms with E-state index in [1.165, 1.54) is 0 Å². The van der Waals surface area contributed by atoms with Gasteiger partial charge >= 0.3 is 5.97 Å². The molecule has 1 N–H and O–H groups in total. The molecule has 0 unspecified atom stereocenters. The SMILES string of the molecule is CC(C)(C)[Si](C)(C)Oc1c(F)cc(F)cc1C(=O)O. The Morgan fingerprint density at radius 3 is 2.21 bits per heavy atom. The van der Waals surface area contributed by atoms with Crippen molar-refractivity contribution in [3.05, 3.63) is 29.3 Å². The summed E-state index contributed by atoms with van der Waals surface area (Å²) >= 11 is 0. The van der Waals surface area contributed by atoms with E-state index in [2.05, 4.69) is 0 Å². The van der Waals surface area contributed by atoms with Gasteiger partial charge in [-0.1, -0.05) is 20.8 Å². The molecule has 0 fully saturated rings. The number of rotatable bonds is 3. The molecule has 1 rings (SSSR count). The van der Waals surface area contributed by atoms with E-state index in [0.29, 0.717) is 6.07 Å². The maximum Gasteiger partial charge on any atom is 0.339 e. The lowest BCUT2D eigenvalue weighted by molar-refractivity contribution is 0.0693. The van der Waals surface area contributed by atoms with Crippen LogP contribution in [0.1, 0.15) is 31.1 Å². The van der Waals surface area contributed by atoms with Gasteiger partial charge < -0.3 is 9.53 Å². The second-order valence-electron chi connectivity index (χ2n) is 5.93. The Morgan fingerprint density at radius 1 is 1.26 bits per heavy atom. The summed E-state index contributed by atoms with van der Waals surface area (Å²) in [5.41, 5.74) is -0.484. The van der Waals surface area contributed by atoms with Crippen LogP contribution < -0.4 is 4.43 Å². The first-order valence-electron chi connectivity index (χ1n) is 5.87. The predicted octanol–water partition coefficient (Wildman–Crippen LogP) is 4.05. The average molecular weight is 288 g/mol. The number of hydrogen-bond donors (Lipinski definition) is 1. The summed E-state index contributed by atoms with van der Waals surface area (Å²) in [6, 6.07) is 1.41. The third-order valence-corrected chi connectivity index (χ3v) is 7.73. The van der Waals surface area contributed by atoms with E-state index in [1.807, 2.05) is 33.9 Å². The maximum atomic E-state index is 13.8. The topological polar surface area (TPSA) is 46.5 Å². The molecule has 1 aromatic rings. The van der Waals surface area contributed by atoms with Crippen LogP contribution in [-0.4, -0.2) is 19.4 Å². The number of carboxylic acids is 1. The van der Waals surface area contributed by atoms with Crippen molar-refractivity contribution >= 4 is 14.3 Å². The van der Waals surface area contributed by atoms with E-state index in [1.54, 1.807) is 0 Å². The maximum absolute atomic E-state index is 13.8. The monoisotopic (exact) mass is 288 g/mol. The molecule has 0 aliphatic heterocycles. The lowest BCUT2D eigenvalue weighted by atomic mass is 10.2. The van der Waals surface area contributed by atoms with Gasteiger partial charge in [0.05, 0.1) is 0 Å². The number of hydrogen-bond acceptors (Lipinski definition) is 2. The normalized spacial score (nSPS) is 12.4. The smallest absolute Gasteiger partial charge is 0.339 e. The van der Waals surface area contributed by atoms with Gasteiger partial charge in [0, 0.05) is 6.07 Å². The Balaban J connectivity index is 3.32. The minimum absolute atomic E-state index is 0.219. The van der Waals surface area contributed by atoms with E-state index in [-0.39, 0.29) is 10.8 Å². The summed E-state index contributed by atoms with van der Waals surface area (Å²) in [6.07, 6.45) is 0. The molecular weight excluding hydrogens is 270 g/mol. The van der Waals surface area contributed by atoms with Gasteiger partial charge in [0.25, 0.3) is 8.32 Å². The number of carboxylic acid groups (broad SMARTS) is 1. The predicted molar refractivity (Wildman–Crippen MR) is 71.1 cm³/mol. The molecule has 0 amide bonds. The van der Waals surface area contributed by atoms with Gasteiger partial charge in [0.1, 0.15) is 11.4 Å². The molecular formula is C13H18F2O3Si. The van der Waals surface area contributed by atoms with Crippen LogP contribution >= 0.6 is 0 Å². The largest absolute Gasteiger partial charge is 0.541 e. The van der Waals surface area contributed by atoms with Gasteiger partial charge in [-0.3, -0.25) is 0 Å². The van der Waals surface area contributed by atoms with Crippen LogP contribution in [0.25, 0.3) is 0 Å². The number of halogens is 2. The van der Waals surface area contributed by atoms with Crippen molar-refractivity contribution in [1.29, 1.82) is 0 Å². The van der Waals surface area contributed by atoms with Gasteiger partial charge in [-0.15, -0.1) is 0 Å². The standard InChI is InChI=1S/C13H18F2O3Si/c1-13(2,3)19(4,5)18-11-9(12(16)17)6-8(14)7-10(11)15/h6-7H,1-5H3,(H,16,17). The van der Waals surface area contributed by atoms with Crippen LogP contribution in [-0.2, 0) is 0 Å². The van der Waals surface area contributed by atoms with Crippen molar-refractivity contribution in [2.75, 3.05) is 0 Å². The third kappa shape index (κ3) is 3.31. The Labute approximate surface area is 112 Å². The van der Waals surface area contributed by atoms with E-state index in [4.69, 9.17) is 9.53 Å². The Hall–Kier alpha value is -1.43. The first-order valence-corrected chi connectivity index (χ1v) is 8.78. The number of aromatic carboxylic acids is 1. The quantitative estimate of drug-likeness (QED) is 0.854. The molecule has 106 valence electrons. The van der Waals surface area contributed by atoms with Crippen molar-refractivity contribution in [3.8, 4) is 5.75 Å². The molecule has 0 saturated carbocycles. The Morgan fingerprint density at radius 2 is 1.79 bits per heavy atom. The molecule has 0 atom stereocenters. The Bertz CT molecular complexity index is 507. The highest BCUT2D eigenvalue weighted by molar-refractivity contribution is 6.74. The number of carbonyl (C=O) groups is 1. The molecule has 0 heterocycles. The highest BCUT2D eigenvalue weighted by Gasteiger charge is 2.40. The fourth-order valence-electron chi connectivity index (χ4n) is 1.23. The second kappa shape index (κ2) is 4.92. The van der Waals surface area contributed by atoms with Gasteiger partial charge in [-0.25, -0.2) is 13.6 Å². The first-order chi connectivity index (χ1) is 8.45. The van der Waals surface area contributed by atoms with Gasteiger partial charge in [0.2, 0.25) is 0 Å². The van der Waals surface area contributed by atoms with E-state index in [0.717, 1.165) is 6.07 Å². The minimum atomic E-state index is -2.40. The summed E-state index contributed by atoms with van der Waals surface area (Å²) in [5, 5.41) is 8.80. The van der Waals surface area contributed by atoms with Crippen LogP contribution in [0.2, 0.25) is 18.1 Å². The van der Waals surface area contributed by atoms with E-state index >= 15 is 0 Å². The van der Waals surface area contributed by atoms with E-state index < -0.39 is 31.5 Å². The van der Waals surface area contributed by atoms with Crippen molar-refractivity contribution in [2.45, 2.75) is 38.9 Å².